The topological polar surface area (TPSA) is 97.1 Å². The van der Waals surface area contributed by atoms with Gasteiger partial charge >= 0.3 is 6.18 Å². The molecule has 168 valence electrons. The Morgan fingerprint density at radius 1 is 1.25 bits per heavy atom. The fourth-order valence-electron chi connectivity index (χ4n) is 3.66. The van der Waals surface area contributed by atoms with Crippen molar-refractivity contribution in [2.24, 2.45) is 0 Å². The summed E-state index contributed by atoms with van der Waals surface area (Å²) in [5, 5.41) is 7.30. The van der Waals surface area contributed by atoms with Gasteiger partial charge in [-0.2, -0.15) is 18.3 Å². The van der Waals surface area contributed by atoms with Crippen LogP contribution >= 0.6 is 0 Å². The lowest BCUT2D eigenvalue weighted by molar-refractivity contribution is -0.137. The van der Waals surface area contributed by atoms with E-state index in [1.165, 1.54) is 18.3 Å². The van der Waals surface area contributed by atoms with Crippen LogP contribution in [0.2, 0.25) is 0 Å². The van der Waals surface area contributed by atoms with Gasteiger partial charge in [0.1, 0.15) is 11.6 Å². The summed E-state index contributed by atoms with van der Waals surface area (Å²) >= 11 is 0. The van der Waals surface area contributed by atoms with Crippen molar-refractivity contribution in [1.29, 1.82) is 0 Å². The first kappa shape index (κ1) is 21.7. The maximum absolute atomic E-state index is 12.8. The Morgan fingerprint density at radius 2 is 2.09 bits per heavy atom. The number of aromatic amines is 1. The average Bonchev–Trinajstić information content (AvgIpc) is 3.43. The summed E-state index contributed by atoms with van der Waals surface area (Å²) in [6.45, 7) is 1.38. The monoisotopic (exact) mass is 445 g/mol. The number of hydrogen-bond acceptors (Lipinski definition) is 5. The highest BCUT2D eigenvalue weighted by molar-refractivity contribution is 5.94. The highest BCUT2D eigenvalue weighted by Gasteiger charge is 2.31. The number of carbonyl (C=O) groups excluding carboxylic acids is 1. The second-order valence-electron chi connectivity index (χ2n) is 7.65. The van der Waals surface area contributed by atoms with Crippen LogP contribution in [0.15, 0.2) is 48.7 Å². The largest absolute Gasteiger partial charge is 0.493 e. The fourth-order valence-corrected chi connectivity index (χ4v) is 3.66. The summed E-state index contributed by atoms with van der Waals surface area (Å²) < 4.78 is 43.9. The van der Waals surface area contributed by atoms with Gasteiger partial charge in [0.15, 0.2) is 0 Å². The van der Waals surface area contributed by atoms with Crippen molar-refractivity contribution in [2.45, 2.75) is 24.9 Å². The number of halogens is 3. The number of benzene rings is 1. The number of nitrogen functional groups attached to an aromatic ring is 1. The number of ether oxygens (including phenoxy) is 1. The lowest BCUT2D eigenvalue weighted by atomic mass is 10.0. The van der Waals surface area contributed by atoms with Gasteiger partial charge in [-0.25, -0.2) is 4.98 Å². The van der Waals surface area contributed by atoms with Crippen LogP contribution in [0.5, 0.6) is 5.75 Å². The van der Waals surface area contributed by atoms with Gasteiger partial charge in [0.2, 0.25) is 0 Å². The molecule has 1 aliphatic rings. The smallest absolute Gasteiger partial charge is 0.416 e. The minimum absolute atomic E-state index is 0.0924. The number of hydrogen-bond donors (Lipinski definition) is 2. The van der Waals surface area contributed by atoms with Crippen LogP contribution in [0.3, 0.4) is 0 Å². The van der Waals surface area contributed by atoms with Gasteiger partial charge in [0, 0.05) is 37.3 Å². The summed E-state index contributed by atoms with van der Waals surface area (Å²) in [6, 6.07) is 9.98. The number of nitrogens with zero attached hydrogens (tertiary/aromatic N) is 3. The van der Waals surface area contributed by atoms with Crippen LogP contribution in [0.25, 0.3) is 0 Å². The Hall–Kier alpha value is -3.56. The number of alkyl halides is 3. The predicted octanol–water partition coefficient (Wildman–Crippen LogP) is 3.66. The van der Waals surface area contributed by atoms with Crippen LogP contribution in [-0.4, -0.2) is 45.7 Å². The molecule has 0 radical (unpaired) electrons. The molecule has 1 aromatic carbocycles. The minimum atomic E-state index is -4.40. The molecule has 10 heteroatoms. The number of amides is 1. The summed E-state index contributed by atoms with van der Waals surface area (Å²) in [5.41, 5.74) is 6.99. The molecule has 0 unspecified atom stereocenters. The van der Waals surface area contributed by atoms with Crippen molar-refractivity contribution in [3.8, 4) is 5.75 Å². The van der Waals surface area contributed by atoms with E-state index in [1.807, 2.05) is 6.07 Å². The van der Waals surface area contributed by atoms with Crippen LogP contribution in [0, 0.1) is 0 Å². The molecule has 32 heavy (non-hydrogen) atoms. The van der Waals surface area contributed by atoms with Gasteiger partial charge in [0.05, 0.1) is 23.4 Å². The van der Waals surface area contributed by atoms with Crippen LogP contribution < -0.4 is 10.5 Å². The molecule has 1 fully saturated rings. The summed E-state index contributed by atoms with van der Waals surface area (Å²) in [5.74, 6) is 0.545. The Kier molecular flexibility index (Phi) is 6.02. The first-order valence-corrected chi connectivity index (χ1v) is 10.1. The summed E-state index contributed by atoms with van der Waals surface area (Å²) in [7, 11) is 0. The quantitative estimate of drug-likeness (QED) is 0.604. The van der Waals surface area contributed by atoms with E-state index in [1.54, 1.807) is 17.0 Å². The van der Waals surface area contributed by atoms with Gasteiger partial charge in [0.25, 0.3) is 5.91 Å². The number of nitrogens with one attached hydrogen (secondary N) is 1. The fraction of sp³-hybridized carbons (Fsp3) is 0.318. The molecule has 4 rings (SSSR count). The lowest BCUT2D eigenvalue weighted by Gasteiger charge is -2.16. The normalized spacial score (nSPS) is 16.3. The number of H-pyrrole nitrogens is 1. The molecule has 0 saturated carbocycles. The third-order valence-electron chi connectivity index (χ3n) is 5.38. The number of pyridine rings is 1. The highest BCUT2D eigenvalue weighted by atomic mass is 19.4. The van der Waals surface area contributed by atoms with Crippen molar-refractivity contribution < 1.29 is 22.7 Å². The Labute approximate surface area is 182 Å². The molecule has 1 aliphatic heterocycles. The van der Waals surface area contributed by atoms with Crippen molar-refractivity contribution in [2.75, 3.05) is 25.4 Å². The van der Waals surface area contributed by atoms with Crippen LogP contribution in [0.4, 0.5) is 19.0 Å². The van der Waals surface area contributed by atoms with Crippen LogP contribution in [0.1, 0.15) is 39.6 Å². The molecule has 0 spiro atoms. The molecule has 1 amide bonds. The van der Waals surface area contributed by atoms with E-state index in [4.69, 9.17) is 10.5 Å². The first-order chi connectivity index (χ1) is 15.3. The standard InChI is InChI=1S/C22H22F3N5O2/c23-22(24,25)16-2-1-3-18(10-16)32-9-7-17-11-19(29-28-17)15-6-8-30(13-15)21(31)14-4-5-20(26)27-12-14/h1-5,10-12,15H,6-9,13H2,(H2,26,27)(H,28,29)/t15-/m1/s1. The van der Waals surface area contributed by atoms with Gasteiger partial charge in [-0.1, -0.05) is 6.07 Å². The highest BCUT2D eigenvalue weighted by Crippen LogP contribution is 2.31. The first-order valence-electron chi connectivity index (χ1n) is 10.1. The Morgan fingerprint density at radius 3 is 2.84 bits per heavy atom. The zero-order valence-corrected chi connectivity index (χ0v) is 17.1. The average molecular weight is 445 g/mol. The second kappa shape index (κ2) is 8.89. The number of nitrogens with two attached hydrogens (primary N) is 1. The third-order valence-corrected chi connectivity index (χ3v) is 5.38. The van der Waals surface area contributed by atoms with E-state index in [-0.39, 0.29) is 24.2 Å². The molecular formula is C22H22F3N5O2. The van der Waals surface area contributed by atoms with E-state index in [9.17, 15) is 18.0 Å². The Bertz CT molecular complexity index is 1080. The molecule has 3 heterocycles. The zero-order chi connectivity index (χ0) is 22.7. The predicted molar refractivity (Wildman–Crippen MR) is 111 cm³/mol. The molecule has 1 saturated heterocycles. The molecule has 3 N–H and O–H groups in total. The zero-order valence-electron chi connectivity index (χ0n) is 17.1. The Balaban J connectivity index is 1.30. The number of aromatic nitrogens is 3. The molecule has 3 aromatic rings. The molecule has 0 aliphatic carbocycles. The van der Waals surface area contributed by atoms with E-state index >= 15 is 0 Å². The van der Waals surface area contributed by atoms with E-state index in [2.05, 4.69) is 15.2 Å². The maximum atomic E-state index is 12.8. The van der Waals surface area contributed by atoms with Crippen molar-refractivity contribution in [3.05, 3.63) is 71.2 Å². The number of rotatable bonds is 6. The van der Waals surface area contributed by atoms with Gasteiger partial charge in [-0.15, -0.1) is 0 Å². The molecule has 7 nitrogen and oxygen atoms in total. The van der Waals surface area contributed by atoms with E-state index < -0.39 is 11.7 Å². The molecular weight excluding hydrogens is 423 g/mol. The van der Waals surface area contributed by atoms with Crippen molar-refractivity contribution >= 4 is 11.7 Å². The lowest BCUT2D eigenvalue weighted by Crippen LogP contribution is -2.28. The number of likely N-dealkylation sites (tertiary alicyclic amines) is 1. The van der Waals surface area contributed by atoms with Gasteiger partial charge in [-0.3, -0.25) is 9.89 Å². The van der Waals surface area contributed by atoms with Crippen molar-refractivity contribution in [1.82, 2.24) is 20.1 Å². The number of anilines is 1. The van der Waals surface area contributed by atoms with Crippen molar-refractivity contribution in [3.63, 3.8) is 0 Å². The summed E-state index contributed by atoms with van der Waals surface area (Å²) in [4.78, 5) is 18.4. The SMILES string of the molecule is Nc1ccc(C(=O)N2CC[C@@H](c3cc(CCOc4cccc(C(F)(F)F)c4)[nH]n3)C2)cn1. The number of carbonyl (C=O) groups is 1. The molecule has 2 aromatic heterocycles. The second-order valence-corrected chi connectivity index (χ2v) is 7.65. The minimum Gasteiger partial charge on any atom is -0.493 e. The molecule has 1 atom stereocenters. The van der Waals surface area contributed by atoms with E-state index in [0.717, 1.165) is 29.9 Å². The maximum Gasteiger partial charge on any atom is 0.416 e. The van der Waals surface area contributed by atoms with Gasteiger partial charge in [-0.05, 0) is 42.8 Å². The van der Waals surface area contributed by atoms with Gasteiger partial charge < -0.3 is 15.4 Å². The van der Waals surface area contributed by atoms with Crippen LogP contribution in [-0.2, 0) is 12.6 Å². The van der Waals surface area contributed by atoms with E-state index in [0.29, 0.717) is 30.9 Å². The summed E-state index contributed by atoms with van der Waals surface area (Å²) in [6.07, 6.45) is -1.67. The molecule has 0 bridgehead atoms. The third kappa shape index (κ3) is 5.01.